The van der Waals surface area contributed by atoms with Crippen LogP contribution in [0.3, 0.4) is 0 Å². The van der Waals surface area contributed by atoms with E-state index in [1.807, 2.05) is 0 Å². The normalized spacial score (nSPS) is 15.1. The third kappa shape index (κ3) is 7.23. The molecule has 1 aliphatic rings. The van der Waals surface area contributed by atoms with Crippen LogP contribution in [-0.4, -0.2) is 52.2 Å². The molecule has 9 nitrogen and oxygen atoms in total. The summed E-state index contributed by atoms with van der Waals surface area (Å²) in [6.07, 6.45) is -5.22. The average Bonchev–Trinajstić information content (AvgIpc) is 2.88. The molecule has 2 heterocycles. The number of aromatic nitrogens is 3. The van der Waals surface area contributed by atoms with E-state index >= 15 is 0 Å². The largest absolute Gasteiger partial charge is 0.481 e. The highest BCUT2D eigenvalue weighted by Crippen LogP contribution is 2.26. The topological polar surface area (TPSA) is 107 Å². The number of ether oxygens (including phenoxy) is 2. The molecule has 1 saturated heterocycles. The van der Waals surface area contributed by atoms with E-state index in [0.717, 1.165) is 12.5 Å². The molecule has 3 aromatic rings. The first-order valence-electron chi connectivity index (χ1n) is 11.8. The molecule has 13 heteroatoms. The van der Waals surface area contributed by atoms with Crippen LogP contribution >= 0.6 is 11.6 Å². The summed E-state index contributed by atoms with van der Waals surface area (Å²) in [5.74, 6) is -0.582. The fourth-order valence-corrected chi connectivity index (χ4v) is 3.76. The fourth-order valence-electron chi connectivity index (χ4n) is 3.64. The molecule has 0 bridgehead atoms. The van der Waals surface area contributed by atoms with E-state index in [-0.39, 0.29) is 30.0 Å². The van der Waals surface area contributed by atoms with Gasteiger partial charge < -0.3 is 20.1 Å². The third-order valence-corrected chi connectivity index (χ3v) is 6.03. The van der Waals surface area contributed by atoms with Gasteiger partial charge >= 0.3 is 11.7 Å². The zero-order valence-electron chi connectivity index (χ0n) is 20.3. The van der Waals surface area contributed by atoms with Crippen molar-refractivity contribution in [1.82, 2.24) is 20.1 Å². The number of nitrogens with one attached hydrogen (secondary N) is 2. The Morgan fingerprint density at radius 3 is 2.45 bits per heavy atom. The van der Waals surface area contributed by atoms with Gasteiger partial charge in [0.2, 0.25) is 11.6 Å². The monoisotopic (exact) mass is 551 g/mol. The van der Waals surface area contributed by atoms with Crippen LogP contribution < -0.4 is 20.9 Å². The lowest BCUT2D eigenvalue weighted by Crippen LogP contribution is -2.42. The maximum Gasteiger partial charge on any atom is 0.425 e. The minimum Gasteiger partial charge on any atom is -0.481 e. The smallest absolute Gasteiger partial charge is 0.425 e. The van der Waals surface area contributed by atoms with Crippen LogP contribution in [0.4, 0.5) is 24.8 Å². The Morgan fingerprint density at radius 2 is 1.82 bits per heavy atom. The van der Waals surface area contributed by atoms with Gasteiger partial charge in [0.1, 0.15) is 5.75 Å². The van der Waals surface area contributed by atoms with Crippen molar-refractivity contribution in [3.63, 3.8) is 0 Å². The lowest BCUT2D eigenvalue weighted by atomic mass is 10.1. The van der Waals surface area contributed by atoms with Crippen LogP contribution in [0.15, 0.2) is 53.3 Å². The molecule has 0 unspecified atom stereocenters. The van der Waals surface area contributed by atoms with Crippen LogP contribution in [0.1, 0.15) is 35.8 Å². The van der Waals surface area contributed by atoms with Gasteiger partial charge in [0.15, 0.2) is 6.10 Å². The summed E-state index contributed by atoms with van der Waals surface area (Å²) in [5.41, 5.74) is -0.00434. The summed E-state index contributed by atoms with van der Waals surface area (Å²) in [7, 11) is 0. The van der Waals surface area contributed by atoms with Crippen molar-refractivity contribution >= 4 is 29.1 Å². The van der Waals surface area contributed by atoms with E-state index in [9.17, 15) is 22.8 Å². The zero-order chi connectivity index (χ0) is 27.3. The van der Waals surface area contributed by atoms with Gasteiger partial charge in [0.05, 0.1) is 6.54 Å². The minimum absolute atomic E-state index is 0.0187. The van der Waals surface area contributed by atoms with E-state index in [1.165, 1.54) is 28.9 Å². The molecular formula is C25H25ClF3N5O4. The number of halogens is 4. The second-order valence-electron chi connectivity index (χ2n) is 8.68. The second-order valence-corrected chi connectivity index (χ2v) is 9.12. The SMILES string of the molecule is C[C@@H](Oc1ccc(Nc2nc(=O)c(C(=O)NC3CCOCC3)nn2Cc2ccc(Cl)cc2)cc1)C(F)(F)F. The molecule has 1 fully saturated rings. The van der Waals surface area contributed by atoms with Gasteiger partial charge in [0, 0.05) is 30.0 Å². The molecule has 0 spiro atoms. The molecule has 38 heavy (non-hydrogen) atoms. The number of carbonyl (C=O) groups excluding carboxylic acids is 1. The molecule has 202 valence electrons. The van der Waals surface area contributed by atoms with Crippen molar-refractivity contribution in [2.75, 3.05) is 18.5 Å². The maximum absolute atomic E-state index is 12.8. The van der Waals surface area contributed by atoms with Gasteiger partial charge in [-0.2, -0.15) is 23.3 Å². The highest BCUT2D eigenvalue weighted by molar-refractivity contribution is 6.30. The summed E-state index contributed by atoms with van der Waals surface area (Å²) in [6.45, 7) is 2.09. The van der Waals surface area contributed by atoms with Crippen LogP contribution in [0.5, 0.6) is 5.75 Å². The Hall–Kier alpha value is -3.64. The molecule has 0 aliphatic carbocycles. The number of nitrogens with zero attached hydrogens (tertiary/aromatic N) is 3. The average molecular weight is 552 g/mol. The quantitative estimate of drug-likeness (QED) is 0.429. The summed E-state index contributed by atoms with van der Waals surface area (Å²) in [6, 6.07) is 12.4. The highest BCUT2D eigenvalue weighted by Gasteiger charge is 2.38. The van der Waals surface area contributed by atoms with E-state index < -0.39 is 23.7 Å². The lowest BCUT2D eigenvalue weighted by molar-refractivity contribution is -0.189. The summed E-state index contributed by atoms with van der Waals surface area (Å²) < 4.78 is 49.9. The predicted octanol–water partition coefficient (Wildman–Crippen LogP) is 4.32. The number of anilines is 2. The Kier molecular flexibility index (Phi) is 8.52. The van der Waals surface area contributed by atoms with Crippen LogP contribution in [-0.2, 0) is 11.3 Å². The van der Waals surface area contributed by atoms with Gasteiger partial charge in [0.25, 0.3) is 5.91 Å². The van der Waals surface area contributed by atoms with Crippen molar-refractivity contribution in [3.05, 3.63) is 75.2 Å². The number of rotatable bonds is 8. The van der Waals surface area contributed by atoms with Crippen LogP contribution in [0, 0.1) is 0 Å². The molecule has 1 aromatic heterocycles. The van der Waals surface area contributed by atoms with Gasteiger partial charge in [-0.25, -0.2) is 4.68 Å². The van der Waals surface area contributed by atoms with E-state index in [1.54, 1.807) is 24.3 Å². The van der Waals surface area contributed by atoms with Crippen LogP contribution in [0.2, 0.25) is 5.02 Å². The second kappa shape index (κ2) is 11.8. The van der Waals surface area contributed by atoms with Crippen LogP contribution in [0.25, 0.3) is 0 Å². The molecule has 2 aromatic carbocycles. The van der Waals surface area contributed by atoms with Crippen molar-refractivity contribution in [2.24, 2.45) is 0 Å². The maximum atomic E-state index is 12.8. The number of benzene rings is 2. The molecule has 0 radical (unpaired) electrons. The molecule has 2 N–H and O–H groups in total. The Balaban J connectivity index is 1.59. The van der Waals surface area contributed by atoms with Crippen molar-refractivity contribution in [2.45, 2.75) is 44.6 Å². The number of carbonyl (C=O) groups is 1. The minimum atomic E-state index is -4.50. The third-order valence-electron chi connectivity index (χ3n) is 5.78. The first-order valence-corrected chi connectivity index (χ1v) is 12.2. The highest BCUT2D eigenvalue weighted by atomic mass is 35.5. The molecular weight excluding hydrogens is 527 g/mol. The molecule has 1 amide bonds. The molecule has 4 rings (SSSR count). The van der Waals surface area contributed by atoms with Gasteiger partial charge in [-0.15, -0.1) is 0 Å². The summed E-state index contributed by atoms with van der Waals surface area (Å²) in [4.78, 5) is 29.7. The van der Waals surface area contributed by atoms with Gasteiger partial charge in [-0.05, 0) is 61.7 Å². The summed E-state index contributed by atoms with van der Waals surface area (Å²) in [5, 5.41) is 10.6. The van der Waals surface area contributed by atoms with Crippen molar-refractivity contribution in [1.29, 1.82) is 0 Å². The van der Waals surface area contributed by atoms with Crippen molar-refractivity contribution in [3.8, 4) is 5.75 Å². The number of amides is 1. The van der Waals surface area contributed by atoms with E-state index in [0.29, 0.717) is 36.8 Å². The van der Waals surface area contributed by atoms with Gasteiger partial charge in [-0.1, -0.05) is 23.7 Å². The predicted molar refractivity (Wildman–Crippen MR) is 134 cm³/mol. The number of alkyl halides is 3. The molecule has 0 saturated carbocycles. The zero-order valence-corrected chi connectivity index (χ0v) is 21.1. The Bertz CT molecular complexity index is 1310. The number of hydrogen-bond donors (Lipinski definition) is 2. The molecule has 1 atom stereocenters. The molecule has 1 aliphatic heterocycles. The van der Waals surface area contributed by atoms with Gasteiger partial charge in [-0.3, -0.25) is 9.59 Å². The lowest BCUT2D eigenvalue weighted by Gasteiger charge is -2.23. The Labute approximate surface area is 220 Å². The van der Waals surface area contributed by atoms with E-state index in [2.05, 4.69) is 20.7 Å². The van der Waals surface area contributed by atoms with Crippen molar-refractivity contribution < 1.29 is 27.4 Å². The summed E-state index contributed by atoms with van der Waals surface area (Å²) >= 11 is 5.98. The first kappa shape index (κ1) is 27.4. The van der Waals surface area contributed by atoms with E-state index in [4.69, 9.17) is 21.1 Å². The Morgan fingerprint density at radius 1 is 1.16 bits per heavy atom. The first-order chi connectivity index (χ1) is 18.1. The fraction of sp³-hybridized carbons (Fsp3) is 0.360. The number of hydrogen-bond acceptors (Lipinski definition) is 7. The standard InChI is InChI=1S/C25H25ClF3N5O4/c1-15(25(27,28)29)38-20-8-6-18(7-9-20)31-24-32-23(36)21(22(35)30-19-10-12-37-13-11-19)33-34(24)14-16-2-4-17(26)5-3-16/h2-9,15,19H,10-14H2,1H3,(H,30,35)(H,31,32,36)/t15-/m1/s1.